The minimum atomic E-state index is -0.276. The predicted molar refractivity (Wildman–Crippen MR) is 136 cm³/mol. The van der Waals surface area contributed by atoms with Crippen LogP contribution in [0.1, 0.15) is 17.3 Å². The fourth-order valence-corrected chi connectivity index (χ4v) is 4.07. The largest absolute Gasteiger partial charge is 0.508 e. The zero-order valence-electron chi connectivity index (χ0n) is 19.4. The molecule has 4 aromatic rings. The van der Waals surface area contributed by atoms with Gasteiger partial charge in [0.05, 0.1) is 18.6 Å². The smallest absolute Gasteiger partial charge is 0.221 e. The summed E-state index contributed by atoms with van der Waals surface area (Å²) in [6, 6.07) is 17.8. The first-order valence-corrected chi connectivity index (χ1v) is 11.8. The highest BCUT2D eigenvalue weighted by molar-refractivity contribution is 7.99. The van der Waals surface area contributed by atoms with Crippen molar-refractivity contribution in [1.29, 1.82) is 0 Å². The van der Waals surface area contributed by atoms with Gasteiger partial charge in [-0.3, -0.25) is 9.59 Å². The zero-order chi connectivity index (χ0) is 25.7. The Kier molecular flexibility index (Phi) is 7.45. The van der Waals surface area contributed by atoms with Crippen LogP contribution in [-0.2, 0) is 4.79 Å². The van der Waals surface area contributed by atoms with Gasteiger partial charge in [0.2, 0.25) is 11.1 Å². The second kappa shape index (κ2) is 10.9. The summed E-state index contributed by atoms with van der Waals surface area (Å²) in [4.78, 5) is 29.0. The van der Waals surface area contributed by atoms with E-state index >= 15 is 0 Å². The summed E-state index contributed by atoms with van der Waals surface area (Å²) >= 11 is 1.13. The number of phenolic OH excluding ortho intramolecular Hbond substituents is 2. The average Bonchev–Trinajstić information content (AvgIpc) is 2.88. The number of hydrogen-bond acceptors (Lipinski definition) is 9. The summed E-state index contributed by atoms with van der Waals surface area (Å²) in [6.45, 7) is 1.38. The van der Waals surface area contributed by atoms with E-state index in [1.54, 1.807) is 66.7 Å². The van der Waals surface area contributed by atoms with Crippen LogP contribution in [0.25, 0.3) is 22.5 Å². The van der Waals surface area contributed by atoms with Crippen molar-refractivity contribution in [1.82, 2.24) is 15.2 Å². The molecule has 0 saturated heterocycles. The summed E-state index contributed by atoms with van der Waals surface area (Å²) < 4.78 is 5.24. The molecule has 1 amide bonds. The monoisotopic (exact) mass is 502 g/mol. The Bertz CT molecular complexity index is 1410. The van der Waals surface area contributed by atoms with Crippen LogP contribution in [0.2, 0.25) is 0 Å². The number of Topliss-reactive ketones (excluding diaryl/α,β-unsaturated/α-hetero) is 1. The second-order valence-corrected chi connectivity index (χ2v) is 8.64. The number of carbonyl (C=O) groups is 2. The molecule has 0 unspecified atom stereocenters. The van der Waals surface area contributed by atoms with Crippen molar-refractivity contribution in [3.63, 3.8) is 0 Å². The lowest BCUT2D eigenvalue weighted by atomic mass is 10.0. The van der Waals surface area contributed by atoms with Crippen molar-refractivity contribution >= 4 is 29.1 Å². The quantitative estimate of drug-likeness (QED) is 0.234. The summed E-state index contributed by atoms with van der Waals surface area (Å²) in [6.07, 6.45) is 0. The zero-order valence-corrected chi connectivity index (χ0v) is 20.2. The van der Waals surface area contributed by atoms with Crippen LogP contribution in [-0.4, -0.2) is 49.9 Å². The maximum absolute atomic E-state index is 12.9. The van der Waals surface area contributed by atoms with Crippen LogP contribution in [0.4, 0.5) is 5.69 Å². The van der Waals surface area contributed by atoms with Gasteiger partial charge in [-0.25, -0.2) is 4.98 Å². The molecule has 0 bridgehead atoms. The first kappa shape index (κ1) is 24.7. The standard InChI is InChI=1S/C26H22N4O5S/c1-15(31)27-21-13-18(7-12-23(21)35-2)22(34)14-36-26-28-24(16-3-8-19(32)9-4-16)25(29-30-26)17-5-10-20(33)11-6-17/h3-13,32-33H,14H2,1-2H3,(H,27,31). The van der Waals surface area contributed by atoms with Crippen molar-refractivity contribution in [3.05, 3.63) is 72.3 Å². The van der Waals surface area contributed by atoms with Crippen molar-refractivity contribution in [2.24, 2.45) is 0 Å². The number of thioether (sulfide) groups is 1. The van der Waals surface area contributed by atoms with Gasteiger partial charge in [-0.1, -0.05) is 11.8 Å². The lowest BCUT2D eigenvalue weighted by Gasteiger charge is -2.11. The molecule has 36 heavy (non-hydrogen) atoms. The van der Waals surface area contributed by atoms with Crippen LogP contribution >= 0.6 is 11.8 Å². The van der Waals surface area contributed by atoms with Gasteiger partial charge >= 0.3 is 0 Å². The number of aromatic hydroxyl groups is 2. The number of benzene rings is 3. The van der Waals surface area contributed by atoms with E-state index in [1.165, 1.54) is 14.0 Å². The van der Waals surface area contributed by atoms with Crippen molar-refractivity contribution in [2.75, 3.05) is 18.2 Å². The fraction of sp³-hybridized carbons (Fsp3) is 0.115. The van der Waals surface area contributed by atoms with Gasteiger partial charge in [0.25, 0.3) is 0 Å². The topological polar surface area (TPSA) is 135 Å². The molecule has 182 valence electrons. The molecule has 4 rings (SSSR count). The van der Waals surface area contributed by atoms with Crippen LogP contribution in [0.15, 0.2) is 71.9 Å². The summed E-state index contributed by atoms with van der Waals surface area (Å²) in [5, 5.41) is 30.8. The molecular formula is C26H22N4O5S. The number of amides is 1. The van der Waals surface area contributed by atoms with E-state index in [4.69, 9.17) is 4.74 Å². The molecule has 0 fully saturated rings. The third kappa shape index (κ3) is 5.78. The molecule has 3 N–H and O–H groups in total. The van der Waals surface area contributed by atoms with E-state index in [2.05, 4.69) is 20.5 Å². The van der Waals surface area contributed by atoms with Crippen LogP contribution in [0, 0.1) is 0 Å². The summed E-state index contributed by atoms with van der Waals surface area (Å²) in [5.41, 5.74) is 3.22. The Hall–Kier alpha value is -4.44. The van der Waals surface area contributed by atoms with Gasteiger partial charge in [-0.15, -0.1) is 10.2 Å². The number of ether oxygens (including phenoxy) is 1. The lowest BCUT2D eigenvalue weighted by Crippen LogP contribution is -2.10. The maximum Gasteiger partial charge on any atom is 0.221 e. The number of aromatic nitrogens is 3. The number of anilines is 1. The summed E-state index contributed by atoms with van der Waals surface area (Å²) in [7, 11) is 1.48. The average molecular weight is 503 g/mol. The van der Waals surface area contributed by atoms with Crippen LogP contribution in [0.3, 0.4) is 0 Å². The molecule has 9 nitrogen and oxygen atoms in total. The number of rotatable bonds is 8. The third-order valence-corrected chi connectivity index (χ3v) is 5.95. The number of carbonyl (C=O) groups excluding carboxylic acids is 2. The molecule has 0 atom stereocenters. The molecule has 0 aliphatic carbocycles. The first-order valence-electron chi connectivity index (χ1n) is 10.8. The van der Waals surface area contributed by atoms with Crippen LogP contribution in [0.5, 0.6) is 17.2 Å². The third-order valence-electron chi connectivity index (χ3n) is 5.11. The number of phenols is 2. The maximum atomic E-state index is 12.9. The summed E-state index contributed by atoms with van der Waals surface area (Å²) in [5.74, 6) is 0.266. The normalized spacial score (nSPS) is 10.6. The highest BCUT2D eigenvalue weighted by Crippen LogP contribution is 2.32. The van der Waals surface area contributed by atoms with E-state index in [1.807, 2.05) is 0 Å². The van der Waals surface area contributed by atoms with Gasteiger partial charge in [0.15, 0.2) is 5.78 Å². The van der Waals surface area contributed by atoms with Gasteiger partial charge < -0.3 is 20.3 Å². The van der Waals surface area contributed by atoms with E-state index in [0.29, 0.717) is 44.7 Å². The molecule has 0 saturated carbocycles. The molecule has 0 aliphatic heterocycles. The van der Waals surface area contributed by atoms with Gasteiger partial charge in [-0.2, -0.15) is 0 Å². The van der Waals surface area contributed by atoms with Crippen molar-refractivity contribution < 1.29 is 24.5 Å². The number of methoxy groups -OCH3 is 1. The van der Waals surface area contributed by atoms with E-state index in [-0.39, 0.29) is 28.9 Å². The number of ketones is 1. The van der Waals surface area contributed by atoms with E-state index in [9.17, 15) is 19.8 Å². The number of hydrogen-bond donors (Lipinski definition) is 3. The Labute approximate surface area is 211 Å². The number of nitrogens with one attached hydrogen (secondary N) is 1. The van der Waals surface area contributed by atoms with Gasteiger partial charge in [0.1, 0.15) is 28.6 Å². The Balaban J connectivity index is 1.60. The molecule has 0 spiro atoms. The van der Waals surface area contributed by atoms with Crippen LogP contribution < -0.4 is 10.1 Å². The molecule has 1 heterocycles. The lowest BCUT2D eigenvalue weighted by molar-refractivity contribution is -0.114. The molecule has 1 aromatic heterocycles. The molecule has 10 heteroatoms. The molecular weight excluding hydrogens is 480 g/mol. The Morgan fingerprint density at radius 3 is 2.08 bits per heavy atom. The van der Waals surface area contributed by atoms with Gasteiger partial charge in [-0.05, 0) is 66.7 Å². The molecule has 3 aromatic carbocycles. The van der Waals surface area contributed by atoms with E-state index in [0.717, 1.165) is 11.8 Å². The Morgan fingerprint density at radius 2 is 1.50 bits per heavy atom. The van der Waals surface area contributed by atoms with E-state index < -0.39 is 0 Å². The number of nitrogens with zero attached hydrogens (tertiary/aromatic N) is 3. The van der Waals surface area contributed by atoms with Crippen molar-refractivity contribution in [2.45, 2.75) is 12.1 Å². The minimum absolute atomic E-state index is 0.0428. The molecule has 0 radical (unpaired) electrons. The minimum Gasteiger partial charge on any atom is -0.508 e. The second-order valence-electron chi connectivity index (χ2n) is 7.69. The highest BCUT2D eigenvalue weighted by atomic mass is 32.2. The van der Waals surface area contributed by atoms with Gasteiger partial charge in [0, 0.05) is 23.6 Å². The Morgan fingerprint density at radius 1 is 0.889 bits per heavy atom. The first-order chi connectivity index (χ1) is 17.3. The van der Waals surface area contributed by atoms with Crippen molar-refractivity contribution in [3.8, 4) is 39.8 Å². The predicted octanol–water partition coefficient (Wildman–Crippen LogP) is 4.56. The highest BCUT2D eigenvalue weighted by Gasteiger charge is 2.17. The SMILES string of the molecule is COc1ccc(C(=O)CSc2nnc(-c3ccc(O)cc3)c(-c3ccc(O)cc3)n2)cc1NC(C)=O. The fourth-order valence-electron chi connectivity index (χ4n) is 3.39. The molecule has 0 aliphatic rings.